The quantitative estimate of drug-likeness (QED) is 0.240. The zero-order valence-electron chi connectivity index (χ0n) is 20.9. The second kappa shape index (κ2) is 12.5. The van der Waals surface area contributed by atoms with Crippen molar-refractivity contribution in [1.82, 2.24) is 14.8 Å². The summed E-state index contributed by atoms with van der Waals surface area (Å²) in [5.74, 6) is -0.297. The van der Waals surface area contributed by atoms with E-state index in [-0.39, 0.29) is 24.0 Å². The van der Waals surface area contributed by atoms with Gasteiger partial charge in [0.2, 0.25) is 0 Å². The molecule has 4 nitrogen and oxygen atoms in total. The molecule has 0 aliphatic heterocycles. The first-order valence-electron chi connectivity index (χ1n) is 11.8. The number of carbonyl (C=O) groups excluding carboxylic acids is 1. The summed E-state index contributed by atoms with van der Waals surface area (Å²) in [6.45, 7) is 0.613. The molecule has 38 heavy (non-hydrogen) atoms. The Labute approximate surface area is 231 Å². The minimum atomic E-state index is -4.57. The van der Waals surface area contributed by atoms with Gasteiger partial charge in [-0.05, 0) is 81.2 Å². The van der Waals surface area contributed by atoms with Crippen molar-refractivity contribution in [2.24, 2.45) is 0 Å². The van der Waals surface area contributed by atoms with Gasteiger partial charge in [0.15, 0.2) is 0 Å². The van der Waals surface area contributed by atoms with Crippen LogP contribution in [0.15, 0.2) is 91.0 Å². The van der Waals surface area contributed by atoms with E-state index in [1.807, 2.05) is 25.1 Å². The lowest BCUT2D eigenvalue weighted by Gasteiger charge is -2.25. The fourth-order valence-corrected chi connectivity index (χ4v) is 4.39. The van der Waals surface area contributed by atoms with Gasteiger partial charge in [-0.3, -0.25) is 4.79 Å². The highest BCUT2D eigenvalue weighted by Crippen LogP contribution is 2.38. The molecule has 0 aliphatic rings. The van der Waals surface area contributed by atoms with Crippen LogP contribution in [0.25, 0.3) is 16.9 Å². The summed E-state index contributed by atoms with van der Waals surface area (Å²) in [6.07, 6.45) is -4.08. The van der Waals surface area contributed by atoms with Gasteiger partial charge in [0, 0.05) is 16.3 Å². The maximum Gasteiger partial charge on any atom is 0.418 e. The Hall–Kier alpha value is -3.26. The van der Waals surface area contributed by atoms with E-state index in [1.165, 1.54) is 12.1 Å². The monoisotopic (exact) mass is 561 g/mol. The lowest BCUT2D eigenvalue weighted by Crippen LogP contribution is -2.32. The normalized spacial score (nSPS) is 12.2. The van der Waals surface area contributed by atoms with E-state index in [1.54, 1.807) is 71.3 Å². The van der Waals surface area contributed by atoms with Crippen LogP contribution in [0.1, 0.15) is 34.1 Å². The first kappa shape index (κ1) is 29.3. The summed E-state index contributed by atoms with van der Waals surface area (Å²) in [5, 5.41) is 3.58. The molecule has 200 valence electrons. The average molecular weight is 562 g/mol. The number of amides is 1. The molecule has 0 saturated carbocycles. The molecule has 1 unspecified atom stereocenters. The van der Waals surface area contributed by atoms with Crippen LogP contribution < -0.4 is 5.32 Å². The first-order chi connectivity index (χ1) is 17.6. The van der Waals surface area contributed by atoms with Crippen molar-refractivity contribution < 1.29 is 18.0 Å². The number of nitrogens with zero attached hydrogens (tertiary/aromatic N) is 2. The topological polar surface area (TPSA) is 37.3 Å². The largest absolute Gasteiger partial charge is 0.418 e. The van der Waals surface area contributed by atoms with Gasteiger partial charge in [0.1, 0.15) is 0 Å². The number of para-hydroxylation sites is 1. The molecule has 3 aromatic carbocycles. The number of rotatable bonds is 8. The van der Waals surface area contributed by atoms with Crippen LogP contribution in [0.4, 0.5) is 13.2 Å². The van der Waals surface area contributed by atoms with Crippen molar-refractivity contribution in [3.8, 4) is 16.9 Å². The number of carbonyl (C=O) groups is 1. The fourth-order valence-electron chi connectivity index (χ4n) is 4.26. The van der Waals surface area contributed by atoms with E-state index < -0.39 is 17.8 Å². The molecule has 0 fully saturated rings. The van der Waals surface area contributed by atoms with Crippen molar-refractivity contribution in [3.63, 3.8) is 0 Å². The number of alkyl halides is 3. The third-order valence-electron chi connectivity index (χ3n) is 6.06. The maximum atomic E-state index is 14.1. The van der Waals surface area contributed by atoms with Crippen molar-refractivity contribution in [2.45, 2.75) is 18.6 Å². The molecule has 0 aliphatic carbocycles. The minimum absolute atomic E-state index is 0. The Bertz CT molecular complexity index is 1350. The molecule has 0 radical (unpaired) electrons. The lowest BCUT2D eigenvalue weighted by atomic mass is 10.1. The highest BCUT2D eigenvalue weighted by Gasteiger charge is 2.35. The van der Waals surface area contributed by atoms with Crippen LogP contribution in [-0.4, -0.2) is 36.0 Å². The van der Waals surface area contributed by atoms with Gasteiger partial charge < -0.3 is 14.8 Å². The molecule has 1 N–H and O–H groups in total. The molecule has 4 rings (SSSR count). The van der Waals surface area contributed by atoms with Gasteiger partial charge in [0.05, 0.1) is 23.0 Å². The Kier molecular flexibility index (Phi) is 9.66. The second-order valence-electron chi connectivity index (χ2n) is 8.98. The maximum absolute atomic E-state index is 14.1. The van der Waals surface area contributed by atoms with E-state index in [2.05, 4.69) is 5.32 Å². The number of halogens is 5. The van der Waals surface area contributed by atoms with Gasteiger partial charge in [-0.25, -0.2) is 0 Å². The number of nitrogens with one attached hydrogen (secondary N) is 1. The van der Waals surface area contributed by atoms with Gasteiger partial charge in [0.25, 0.3) is 5.91 Å². The summed E-state index contributed by atoms with van der Waals surface area (Å²) in [6, 6.07) is 24.2. The summed E-state index contributed by atoms with van der Waals surface area (Å²) >= 11 is 6.08. The molecule has 0 spiro atoms. The van der Waals surface area contributed by atoms with Crippen LogP contribution in [0.3, 0.4) is 0 Å². The van der Waals surface area contributed by atoms with Gasteiger partial charge in [-0.2, -0.15) is 13.2 Å². The minimum Gasteiger partial charge on any atom is -0.344 e. The lowest BCUT2D eigenvalue weighted by molar-refractivity contribution is -0.137. The molecular formula is C29H28Cl2F3N3O. The predicted octanol–water partition coefficient (Wildman–Crippen LogP) is 7.66. The van der Waals surface area contributed by atoms with Crippen LogP contribution in [-0.2, 0) is 6.18 Å². The van der Waals surface area contributed by atoms with E-state index in [0.717, 1.165) is 6.07 Å². The Morgan fingerprint density at radius 1 is 0.921 bits per heavy atom. The van der Waals surface area contributed by atoms with Crippen molar-refractivity contribution >= 4 is 29.9 Å². The molecule has 4 aromatic rings. The summed E-state index contributed by atoms with van der Waals surface area (Å²) in [7, 11) is 3.82. The number of hydrogen-bond donors (Lipinski definition) is 1. The molecule has 1 amide bonds. The van der Waals surface area contributed by atoms with Crippen molar-refractivity contribution in [1.29, 1.82) is 0 Å². The number of aromatic nitrogens is 1. The predicted molar refractivity (Wildman–Crippen MR) is 148 cm³/mol. The average Bonchev–Trinajstić information content (AvgIpc) is 3.31. The zero-order valence-corrected chi connectivity index (χ0v) is 22.4. The van der Waals surface area contributed by atoms with E-state index in [9.17, 15) is 18.0 Å². The highest BCUT2D eigenvalue weighted by molar-refractivity contribution is 6.30. The zero-order chi connectivity index (χ0) is 26.6. The van der Waals surface area contributed by atoms with Crippen LogP contribution in [0.2, 0.25) is 5.02 Å². The summed E-state index contributed by atoms with van der Waals surface area (Å²) in [4.78, 5) is 15.1. The molecular weight excluding hydrogens is 534 g/mol. The van der Waals surface area contributed by atoms with Crippen LogP contribution in [0.5, 0.6) is 0 Å². The molecule has 1 aromatic heterocycles. The third-order valence-corrected chi connectivity index (χ3v) is 6.32. The Balaban J connectivity index is 0.00000400. The molecule has 1 atom stereocenters. The first-order valence-corrected chi connectivity index (χ1v) is 12.2. The fraction of sp³-hybridized carbons (Fsp3) is 0.207. The SMILES string of the molecule is CN(C)CCC(NC(=O)c1ccccc1)c1ccc(-c2ccc(Cl)cc2)n1-c1ccccc1C(F)(F)F.Cl. The molecule has 1 heterocycles. The van der Waals surface area contributed by atoms with E-state index in [4.69, 9.17) is 11.6 Å². The van der Waals surface area contributed by atoms with Gasteiger partial charge in [-0.15, -0.1) is 12.4 Å². The summed E-state index contributed by atoms with van der Waals surface area (Å²) < 4.78 is 44.0. The molecule has 0 saturated heterocycles. The van der Waals surface area contributed by atoms with Gasteiger partial charge >= 0.3 is 6.18 Å². The third kappa shape index (κ3) is 6.78. The smallest absolute Gasteiger partial charge is 0.344 e. The van der Waals surface area contributed by atoms with Crippen molar-refractivity contribution in [3.05, 3.63) is 113 Å². The molecule has 9 heteroatoms. The second-order valence-corrected chi connectivity index (χ2v) is 9.42. The van der Waals surface area contributed by atoms with E-state index in [0.29, 0.717) is 40.5 Å². The number of benzene rings is 3. The van der Waals surface area contributed by atoms with Crippen molar-refractivity contribution in [2.75, 3.05) is 20.6 Å². The number of hydrogen-bond acceptors (Lipinski definition) is 2. The van der Waals surface area contributed by atoms with Gasteiger partial charge in [-0.1, -0.05) is 54.1 Å². The van der Waals surface area contributed by atoms with Crippen LogP contribution >= 0.6 is 24.0 Å². The Morgan fingerprint density at radius 2 is 1.55 bits per heavy atom. The Morgan fingerprint density at radius 3 is 2.18 bits per heavy atom. The highest BCUT2D eigenvalue weighted by atomic mass is 35.5. The van der Waals surface area contributed by atoms with Crippen LogP contribution in [0, 0.1) is 0 Å². The standard InChI is InChI=1S/C29H27ClF3N3O.ClH/c1-35(2)19-18-24(34-28(37)21-8-4-3-5-9-21)27-17-16-25(20-12-14-22(30)15-13-20)36(27)26-11-7-6-10-23(26)29(31,32)33;/h3-17,24H,18-19H2,1-2H3,(H,34,37);1H. The van der Waals surface area contributed by atoms with E-state index >= 15 is 0 Å². The summed E-state index contributed by atoms with van der Waals surface area (Å²) in [5.41, 5.74) is 1.52. The molecule has 0 bridgehead atoms.